The van der Waals surface area contributed by atoms with Gasteiger partial charge in [0.25, 0.3) is 0 Å². The molecule has 0 heterocycles. The third-order valence-corrected chi connectivity index (χ3v) is 4.74. The summed E-state index contributed by atoms with van der Waals surface area (Å²) < 4.78 is 28.3. The van der Waals surface area contributed by atoms with Crippen molar-refractivity contribution in [3.63, 3.8) is 0 Å². The zero-order valence-corrected chi connectivity index (χ0v) is 14.6. The maximum Gasteiger partial charge on any atom is 0.340 e. The van der Waals surface area contributed by atoms with Gasteiger partial charge < -0.3 is 4.74 Å². The standard InChI is InChI=1S/C17H15ClO5S/c1-11(16(19)12-6-4-3-5-7-12)23-17(20)14-10-13(24(2,21)22)8-9-15(14)18/h3-11H,1-2H3. The highest BCUT2D eigenvalue weighted by molar-refractivity contribution is 7.90. The molecule has 2 rings (SSSR count). The molecular weight excluding hydrogens is 352 g/mol. The molecule has 2 aromatic rings. The molecule has 7 heteroatoms. The predicted molar refractivity (Wildman–Crippen MR) is 90.2 cm³/mol. The first-order valence-electron chi connectivity index (χ1n) is 7.00. The molecule has 1 atom stereocenters. The van der Waals surface area contributed by atoms with Gasteiger partial charge in [0.1, 0.15) is 0 Å². The van der Waals surface area contributed by atoms with E-state index in [1.54, 1.807) is 30.3 Å². The Labute approximate surface area is 145 Å². The lowest BCUT2D eigenvalue weighted by atomic mass is 10.1. The minimum absolute atomic E-state index is 0.0479. The largest absolute Gasteiger partial charge is 0.451 e. The highest BCUT2D eigenvalue weighted by atomic mass is 35.5. The zero-order valence-electron chi connectivity index (χ0n) is 13.0. The van der Waals surface area contributed by atoms with Crippen LogP contribution in [0.1, 0.15) is 27.6 Å². The highest BCUT2D eigenvalue weighted by Gasteiger charge is 2.23. The number of sulfone groups is 1. The summed E-state index contributed by atoms with van der Waals surface area (Å²) in [6.45, 7) is 1.45. The molecule has 0 aromatic heterocycles. The summed E-state index contributed by atoms with van der Waals surface area (Å²) in [7, 11) is -3.50. The summed E-state index contributed by atoms with van der Waals surface area (Å²) in [6, 6.07) is 12.1. The number of esters is 1. The zero-order chi connectivity index (χ0) is 17.9. The van der Waals surface area contributed by atoms with E-state index in [1.807, 2.05) is 0 Å². The Morgan fingerprint density at radius 3 is 2.29 bits per heavy atom. The van der Waals surface area contributed by atoms with E-state index >= 15 is 0 Å². The van der Waals surface area contributed by atoms with Crippen molar-refractivity contribution in [3.8, 4) is 0 Å². The lowest BCUT2D eigenvalue weighted by molar-refractivity contribution is 0.0318. The van der Waals surface area contributed by atoms with Crippen molar-refractivity contribution in [3.05, 3.63) is 64.7 Å². The van der Waals surface area contributed by atoms with Crippen molar-refractivity contribution in [1.82, 2.24) is 0 Å². The molecule has 0 amide bonds. The second kappa shape index (κ2) is 7.15. The van der Waals surface area contributed by atoms with Crippen LogP contribution in [0, 0.1) is 0 Å². The SMILES string of the molecule is CC(OC(=O)c1cc(S(C)(=O)=O)ccc1Cl)C(=O)c1ccccc1. The van der Waals surface area contributed by atoms with Crippen LogP contribution < -0.4 is 0 Å². The molecular formula is C17H15ClO5S. The Morgan fingerprint density at radius 1 is 1.08 bits per heavy atom. The Balaban J connectivity index is 2.22. The summed E-state index contributed by atoms with van der Waals surface area (Å²) in [5.74, 6) is -1.22. The summed E-state index contributed by atoms with van der Waals surface area (Å²) in [5, 5.41) is 0.0479. The number of rotatable bonds is 5. The number of carbonyl (C=O) groups is 2. The van der Waals surface area contributed by atoms with E-state index in [9.17, 15) is 18.0 Å². The summed E-state index contributed by atoms with van der Waals surface area (Å²) >= 11 is 5.94. The lowest BCUT2D eigenvalue weighted by Crippen LogP contribution is -2.24. The van der Waals surface area contributed by atoms with Gasteiger partial charge in [-0.25, -0.2) is 13.2 Å². The van der Waals surface area contributed by atoms with Gasteiger partial charge in [0.2, 0.25) is 5.78 Å². The first-order valence-corrected chi connectivity index (χ1v) is 9.27. The van der Waals surface area contributed by atoms with Gasteiger partial charge in [-0.05, 0) is 25.1 Å². The molecule has 5 nitrogen and oxygen atoms in total. The van der Waals surface area contributed by atoms with Gasteiger partial charge in [0.05, 0.1) is 15.5 Å². The van der Waals surface area contributed by atoms with Crippen LogP contribution in [0.15, 0.2) is 53.4 Å². The van der Waals surface area contributed by atoms with Gasteiger partial charge in [0.15, 0.2) is 15.9 Å². The maximum atomic E-state index is 12.2. The van der Waals surface area contributed by atoms with Crippen molar-refractivity contribution >= 4 is 33.2 Å². The first-order chi connectivity index (χ1) is 11.2. The van der Waals surface area contributed by atoms with Crippen LogP contribution in [0.5, 0.6) is 0 Å². The Hall–Kier alpha value is -2.18. The van der Waals surface area contributed by atoms with Gasteiger partial charge >= 0.3 is 5.97 Å². The molecule has 126 valence electrons. The molecule has 0 aliphatic carbocycles. The van der Waals surface area contributed by atoms with Crippen LogP contribution in [-0.4, -0.2) is 32.5 Å². The molecule has 0 bridgehead atoms. The van der Waals surface area contributed by atoms with Crippen LogP contribution in [0.4, 0.5) is 0 Å². The number of ketones is 1. The van der Waals surface area contributed by atoms with Gasteiger partial charge in [-0.3, -0.25) is 4.79 Å². The molecule has 1 unspecified atom stereocenters. The number of hydrogen-bond donors (Lipinski definition) is 0. The summed E-state index contributed by atoms with van der Waals surface area (Å²) in [5.41, 5.74) is 0.307. The van der Waals surface area contributed by atoms with E-state index in [0.29, 0.717) is 5.56 Å². The molecule has 0 saturated heterocycles. The van der Waals surface area contributed by atoms with E-state index in [4.69, 9.17) is 16.3 Å². The minimum Gasteiger partial charge on any atom is -0.451 e. The van der Waals surface area contributed by atoms with Crippen molar-refractivity contribution in [1.29, 1.82) is 0 Å². The first kappa shape index (κ1) is 18.2. The summed E-state index contributed by atoms with van der Waals surface area (Å²) in [6.07, 6.45) is -0.00902. The third-order valence-electron chi connectivity index (χ3n) is 3.30. The average Bonchev–Trinajstić information content (AvgIpc) is 2.54. The van der Waals surface area contributed by atoms with E-state index < -0.39 is 21.9 Å². The lowest BCUT2D eigenvalue weighted by Gasteiger charge is -2.13. The number of carbonyl (C=O) groups excluding carboxylic acids is 2. The number of hydrogen-bond acceptors (Lipinski definition) is 5. The third kappa shape index (κ3) is 4.21. The number of ether oxygens (including phenoxy) is 1. The topological polar surface area (TPSA) is 77.5 Å². The number of halogens is 1. The Morgan fingerprint density at radius 2 is 1.71 bits per heavy atom. The second-order valence-electron chi connectivity index (χ2n) is 5.19. The molecule has 0 N–H and O–H groups in total. The van der Waals surface area contributed by atoms with Crippen LogP contribution in [0.3, 0.4) is 0 Å². The van der Waals surface area contributed by atoms with Crippen molar-refractivity contribution in [2.75, 3.05) is 6.26 Å². The van der Waals surface area contributed by atoms with Crippen molar-refractivity contribution in [2.24, 2.45) is 0 Å². The maximum absolute atomic E-state index is 12.2. The Bertz CT molecular complexity index is 875. The molecule has 0 radical (unpaired) electrons. The molecule has 0 saturated carbocycles. The van der Waals surface area contributed by atoms with E-state index in [2.05, 4.69) is 0 Å². The van der Waals surface area contributed by atoms with Gasteiger partial charge in [-0.1, -0.05) is 41.9 Å². The van der Waals surface area contributed by atoms with E-state index in [0.717, 1.165) is 12.3 Å². The van der Waals surface area contributed by atoms with Gasteiger partial charge in [-0.2, -0.15) is 0 Å². The number of Topliss-reactive ketones (excluding diaryl/α,β-unsaturated/α-hetero) is 1. The van der Waals surface area contributed by atoms with Gasteiger partial charge in [0, 0.05) is 11.8 Å². The predicted octanol–water partition coefficient (Wildman–Crippen LogP) is 3.17. The van der Waals surface area contributed by atoms with E-state index in [-0.39, 0.29) is 21.3 Å². The molecule has 0 aliphatic rings. The second-order valence-corrected chi connectivity index (χ2v) is 7.61. The summed E-state index contributed by atoms with van der Waals surface area (Å²) in [4.78, 5) is 24.4. The normalized spacial score (nSPS) is 12.5. The molecule has 24 heavy (non-hydrogen) atoms. The number of benzene rings is 2. The monoisotopic (exact) mass is 366 g/mol. The smallest absolute Gasteiger partial charge is 0.340 e. The minimum atomic E-state index is -3.50. The molecule has 2 aromatic carbocycles. The molecule has 0 fully saturated rings. The molecule has 0 spiro atoms. The molecule has 0 aliphatic heterocycles. The average molecular weight is 367 g/mol. The van der Waals surface area contributed by atoms with Gasteiger partial charge in [-0.15, -0.1) is 0 Å². The fourth-order valence-corrected chi connectivity index (χ4v) is 2.85. The van der Waals surface area contributed by atoms with Crippen LogP contribution in [-0.2, 0) is 14.6 Å². The van der Waals surface area contributed by atoms with Crippen LogP contribution in [0.2, 0.25) is 5.02 Å². The Kier molecular flexibility index (Phi) is 5.41. The van der Waals surface area contributed by atoms with E-state index in [1.165, 1.54) is 19.1 Å². The van der Waals surface area contributed by atoms with Crippen LogP contribution in [0.25, 0.3) is 0 Å². The van der Waals surface area contributed by atoms with Crippen molar-refractivity contribution in [2.45, 2.75) is 17.9 Å². The fourth-order valence-electron chi connectivity index (χ4n) is 2.01. The quantitative estimate of drug-likeness (QED) is 0.600. The highest BCUT2D eigenvalue weighted by Crippen LogP contribution is 2.22. The van der Waals surface area contributed by atoms with Crippen molar-refractivity contribution < 1.29 is 22.7 Å². The fraction of sp³-hybridized carbons (Fsp3) is 0.176. The van der Waals surface area contributed by atoms with Crippen LogP contribution >= 0.6 is 11.6 Å².